The van der Waals surface area contributed by atoms with Crippen molar-refractivity contribution < 1.29 is 13.7 Å². The molecule has 1 aliphatic carbocycles. The lowest BCUT2D eigenvalue weighted by atomic mass is 9.83. The van der Waals surface area contributed by atoms with Crippen LogP contribution in [0.5, 0.6) is 0 Å². The van der Waals surface area contributed by atoms with E-state index in [2.05, 4.69) is 41.5 Å². The van der Waals surface area contributed by atoms with Gasteiger partial charge in [-0.1, -0.05) is 36.5 Å². The summed E-state index contributed by atoms with van der Waals surface area (Å²) in [6.45, 7) is 4.09. The number of pyridine rings is 1. The van der Waals surface area contributed by atoms with Gasteiger partial charge in [-0.25, -0.2) is 24.1 Å². The Morgan fingerprint density at radius 3 is 2.69 bits per heavy atom. The van der Waals surface area contributed by atoms with Gasteiger partial charge in [-0.15, -0.1) is 0 Å². The molecule has 190 valence electrons. The average molecular weight is 516 g/mol. The molecule has 0 spiro atoms. The summed E-state index contributed by atoms with van der Waals surface area (Å²) in [5.74, 6) is 0.619. The zero-order chi connectivity index (χ0) is 25.4. The van der Waals surface area contributed by atoms with Gasteiger partial charge in [0, 0.05) is 31.6 Å². The summed E-state index contributed by atoms with van der Waals surface area (Å²) in [5, 5.41) is 4.13. The van der Waals surface area contributed by atoms with Crippen molar-refractivity contribution in [2.75, 3.05) is 13.7 Å². The molecule has 10 nitrogen and oxygen atoms in total. The molecule has 1 saturated carbocycles. The standard InChI is InChI=1S/C24H27ClFN7O3/c1-13-4-6-14(7-5-13)11-33-18-17(15-8-16(25)10-27-9-15)28-20(21-31-23(34)36-32-21)29-19(18)30-22(33)24(2,26)12-35-3/h8-10,13-14H,4-7,11-12H2,1-3H3,(H,31,32,34). The third kappa shape index (κ3) is 4.77. The average Bonchev–Trinajstić information content (AvgIpc) is 3.44. The highest BCUT2D eigenvalue weighted by Crippen LogP contribution is 2.37. The first kappa shape index (κ1) is 24.5. The molecule has 0 radical (unpaired) electrons. The molecule has 0 saturated heterocycles. The van der Waals surface area contributed by atoms with Crippen LogP contribution in [-0.2, 0) is 17.0 Å². The van der Waals surface area contributed by atoms with E-state index in [0.717, 1.165) is 25.7 Å². The van der Waals surface area contributed by atoms with E-state index in [4.69, 9.17) is 16.3 Å². The van der Waals surface area contributed by atoms with Crippen LogP contribution in [0.2, 0.25) is 5.02 Å². The number of alkyl halides is 1. The number of methoxy groups -OCH3 is 1. The Morgan fingerprint density at radius 1 is 1.25 bits per heavy atom. The van der Waals surface area contributed by atoms with Gasteiger partial charge in [0.25, 0.3) is 0 Å². The predicted molar refractivity (Wildman–Crippen MR) is 131 cm³/mol. The molecule has 36 heavy (non-hydrogen) atoms. The largest absolute Gasteiger partial charge is 0.439 e. The summed E-state index contributed by atoms with van der Waals surface area (Å²) < 4.78 is 27.7. The quantitative estimate of drug-likeness (QED) is 0.380. The minimum atomic E-state index is -1.89. The Bertz CT molecular complexity index is 1440. The van der Waals surface area contributed by atoms with Crippen LogP contribution in [0.25, 0.3) is 34.1 Å². The van der Waals surface area contributed by atoms with Crippen LogP contribution in [0.1, 0.15) is 45.4 Å². The maximum atomic E-state index is 16.0. The van der Waals surface area contributed by atoms with Crippen LogP contribution in [0, 0.1) is 11.8 Å². The normalized spacial score (nSPS) is 20.0. The first-order valence-electron chi connectivity index (χ1n) is 11.9. The molecule has 1 unspecified atom stereocenters. The summed E-state index contributed by atoms with van der Waals surface area (Å²) in [6, 6.07) is 1.72. The zero-order valence-electron chi connectivity index (χ0n) is 20.3. The number of aromatic amines is 1. The van der Waals surface area contributed by atoms with Gasteiger partial charge in [0.1, 0.15) is 11.2 Å². The van der Waals surface area contributed by atoms with Crippen LogP contribution in [-0.4, -0.2) is 48.4 Å². The van der Waals surface area contributed by atoms with E-state index in [9.17, 15) is 4.79 Å². The fourth-order valence-corrected chi connectivity index (χ4v) is 5.07. The summed E-state index contributed by atoms with van der Waals surface area (Å²) in [6.07, 6.45) is 7.47. The number of hydrogen-bond donors (Lipinski definition) is 1. The van der Waals surface area contributed by atoms with Crippen molar-refractivity contribution in [2.24, 2.45) is 11.8 Å². The molecule has 5 rings (SSSR count). The topological polar surface area (TPSA) is 125 Å². The molecule has 0 bridgehead atoms. The van der Waals surface area contributed by atoms with Gasteiger partial charge in [0.2, 0.25) is 11.6 Å². The third-order valence-electron chi connectivity index (χ3n) is 6.69. The van der Waals surface area contributed by atoms with E-state index in [1.54, 1.807) is 12.3 Å². The molecular formula is C24H27ClFN7O3. The van der Waals surface area contributed by atoms with Crippen molar-refractivity contribution in [1.82, 2.24) is 34.6 Å². The molecule has 4 heterocycles. The van der Waals surface area contributed by atoms with Gasteiger partial charge in [0.05, 0.1) is 11.6 Å². The Balaban J connectivity index is 1.76. The molecule has 0 aliphatic heterocycles. The first-order chi connectivity index (χ1) is 17.2. The Hall–Kier alpha value is -3.18. The van der Waals surface area contributed by atoms with E-state index < -0.39 is 11.4 Å². The van der Waals surface area contributed by atoms with Gasteiger partial charge in [-0.3, -0.25) is 14.5 Å². The van der Waals surface area contributed by atoms with E-state index in [-0.39, 0.29) is 29.7 Å². The number of nitrogens with one attached hydrogen (secondary N) is 1. The number of H-pyrrole nitrogens is 1. The predicted octanol–water partition coefficient (Wildman–Crippen LogP) is 4.54. The maximum Gasteiger partial charge on any atom is 0.439 e. The summed E-state index contributed by atoms with van der Waals surface area (Å²) in [5.41, 5.74) is -0.0200. The highest BCUT2D eigenvalue weighted by atomic mass is 35.5. The Labute approximate surface area is 211 Å². The second-order valence-electron chi connectivity index (χ2n) is 9.71. The number of hydrogen-bond acceptors (Lipinski definition) is 8. The monoisotopic (exact) mass is 515 g/mol. The Kier molecular flexibility index (Phi) is 6.60. The molecule has 12 heteroatoms. The minimum absolute atomic E-state index is 0.0374. The maximum absolute atomic E-state index is 16.0. The summed E-state index contributed by atoms with van der Waals surface area (Å²) >= 11 is 6.25. The lowest BCUT2D eigenvalue weighted by Gasteiger charge is -2.28. The van der Waals surface area contributed by atoms with E-state index in [0.29, 0.717) is 40.2 Å². The Morgan fingerprint density at radius 2 is 2.03 bits per heavy atom. The number of imidazole rings is 1. The van der Waals surface area contributed by atoms with Crippen molar-refractivity contribution in [3.63, 3.8) is 0 Å². The van der Waals surface area contributed by atoms with E-state index in [1.165, 1.54) is 20.2 Å². The van der Waals surface area contributed by atoms with Gasteiger partial charge >= 0.3 is 5.76 Å². The smallest absolute Gasteiger partial charge is 0.381 e. The molecule has 0 amide bonds. The summed E-state index contributed by atoms with van der Waals surface area (Å²) in [4.78, 5) is 32.1. The highest BCUT2D eigenvalue weighted by molar-refractivity contribution is 6.30. The van der Waals surface area contributed by atoms with Crippen molar-refractivity contribution in [2.45, 2.75) is 51.7 Å². The molecule has 1 aliphatic rings. The van der Waals surface area contributed by atoms with Crippen molar-refractivity contribution in [1.29, 1.82) is 0 Å². The fraction of sp³-hybridized carbons (Fsp3) is 0.500. The number of halogens is 2. The lowest BCUT2D eigenvalue weighted by Crippen LogP contribution is -2.28. The highest BCUT2D eigenvalue weighted by Gasteiger charge is 2.35. The molecule has 1 N–H and O–H groups in total. The zero-order valence-corrected chi connectivity index (χ0v) is 21.0. The van der Waals surface area contributed by atoms with Crippen molar-refractivity contribution >= 4 is 22.8 Å². The van der Waals surface area contributed by atoms with Crippen LogP contribution >= 0.6 is 11.6 Å². The molecule has 4 aromatic rings. The second kappa shape index (κ2) is 9.70. The third-order valence-corrected chi connectivity index (χ3v) is 6.90. The number of fused-ring (bicyclic) bond motifs is 1. The van der Waals surface area contributed by atoms with Gasteiger partial charge in [-0.2, -0.15) is 0 Å². The van der Waals surface area contributed by atoms with E-state index in [1.807, 2.05) is 4.57 Å². The number of nitrogens with zero attached hydrogens (tertiary/aromatic N) is 6. The molecule has 4 aromatic heterocycles. The number of aromatic nitrogens is 7. The van der Waals surface area contributed by atoms with Gasteiger partial charge in [0.15, 0.2) is 17.1 Å². The minimum Gasteiger partial charge on any atom is -0.381 e. The van der Waals surface area contributed by atoms with E-state index >= 15 is 4.39 Å². The van der Waals surface area contributed by atoms with Crippen LogP contribution in [0.3, 0.4) is 0 Å². The van der Waals surface area contributed by atoms with Gasteiger partial charge < -0.3 is 9.30 Å². The van der Waals surface area contributed by atoms with Crippen molar-refractivity contribution in [3.8, 4) is 22.9 Å². The summed E-state index contributed by atoms with van der Waals surface area (Å²) in [7, 11) is 1.45. The van der Waals surface area contributed by atoms with Crippen LogP contribution in [0.4, 0.5) is 4.39 Å². The number of ether oxygens (including phenoxy) is 1. The lowest BCUT2D eigenvalue weighted by molar-refractivity contribution is 0.0429. The molecular weight excluding hydrogens is 489 g/mol. The molecule has 0 aromatic carbocycles. The molecule has 1 fully saturated rings. The first-order valence-corrected chi connectivity index (χ1v) is 12.3. The van der Waals surface area contributed by atoms with Crippen molar-refractivity contribution in [3.05, 3.63) is 39.9 Å². The molecule has 1 atom stereocenters. The van der Waals surface area contributed by atoms with Gasteiger partial charge in [-0.05, 0) is 37.7 Å². The second-order valence-corrected chi connectivity index (χ2v) is 10.1. The fourth-order valence-electron chi connectivity index (χ4n) is 4.89. The van der Waals surface area contributed by atoms with Crippen LogP contribution in [0.15, 0.2) is 27.8 Å². The number of rotatable bonds is 7. The van der Waals surface area contributed by atoms with Crippen LogP contribution < -0.4 is 5.76 Å². The SMILES string of the molecule is COCC(C)(F)c1nc2nc(-c3noc(=O)[nH]3)nc(-c3cncc(Cl)c3)c2n1CC1CCC(C)CC1.